The van der Waals surface area contributed by atoms with E-state index in [2.05, 4.69) is 53.8 Å². The highest BCUT2D eigenvalue weighted by Crippen LogP contribution is 2.42. The Morgan fingerprint density at radius 2 is 1.89 bits per heavy atom. The third-order valence-corrected chi connectivity index (χ3v) is 7.56. The molecule has 3 aromatic rings. The van der Waals surface area contributed by atoms with Crippen molar-refractivity contribution < 1.29 is 9.47 Å². The highest BCUT2D eigenvalue weighted by molar-refractivity contribution is 5.84. The molecule has 10 heteroatoms. The van der Waals surface area contributed by atoms with Gasteiger partial charge in [-0.3, -0.25) is 9.47 Å². The quantitative estimate of drug-likeness (QED) is 0.520. The first-order valence-corrected chi connectivity index (χ1v) is 12.9. The zero-order chi connectivity index (χ0) is 26.6. The molecule has 0 radical (unpaired) electrons. The molecule has 0 bridgehead atoms. The molecule has 2 aliphatic rings. The van der Waals surface area contributed by atoms with Crippen LogP contribution in [0.5, 0.6) is 11.5 Å². The number of imidazole rings is 1. The average molecular weight is 506 g/mol. The molecule has 10 nitrogen and oxygen atoms in total. The Balaban J connectivity index is 1.45. The molecule has 0 aliphatic carbocycles. The largest absolute Gasteiger partial charge is 0.449 e. The Kier molecular flexibility index (Phi) is 6.15. The van der Waals surface area contributed by atoms with Crippen molar-refractivity contribution in [2.75, 3.05) is 18.0 Å². The summed E-state index contributed by atoms with van der Waals surface area (Å²) < 4.78 is 15.3. The zero-order valence-corrected chi connectivity index (χ0v) is 22.6. The fourth-order valence-corrected chi connectivity index (χ4v) is 5.71. The molecule has 2 aromatic heterocycles. The minimum Gasteiger partial charge on any atom is -0.449 e. The lowest BCUT2D eigenvalue weighted by molar-refractivity contribution is -0.0431. The van der Waals surface area contributed by atoms with Gasteiger partial charge in [0.05, 0.1) is 12.5 Å². The molecule has 1 saturated heterocycles. The Morgan fingerprint density at radius 1 is 1.16 bits per heavy atom. The second-order valence-corrected chi connectivity index (χ2v) is 10.6. The monoisotopic (exact) mass is 505 g/mol. The van der Waals surface area contributed by atoms with E-state index in [1.165, 1.54) is 10.1 Å². The maximum atomic E-state index is 12.9. The van der Waals surface area contributed by atoms with Crippen molar-refractivity contribution in [1.82, 2.24) is 24.0 Å². The standard InChI is InChI=1S/C27H35N7O3/c1-8-32-22(11-12-28)29-23-24(30-26(35)31(7)25(23)32)34-15-16(2)33(14-17(34)3)18(4)19-9-10-20-21(13-19)37-27(5,6)36-20/h9-10,13,16-18H,8,11,14-15H2,1-7H3/t16-,17+,18?/m1/s1. The van der Waals surface area contributed by atoms with Crippen LogP contribution < -0.4 is 20.1 Å². The number of rotatable bonds is 5. The van der Waals surface area contributed by atoms with Crippen LogP contribution in [0.4, 0.5) is 5.82 Å². The normalized spacial score (nSPS) is 21.8. The number of fused-ring (bicyclic) bond motifs is 2. The molecule has 1 fully saturated rings. The van der Waals surface area contributed by atoms with Crippen LogP contribution in [-0.4, -0.2) is 55.0 Å². The summed E-state index contributed by atoms with van der Waals surface area (Å²) in [6.45, 7) is 14.5. The van der Waals surface area contributed by atoms with Crippen LogP contribution in [0.1, 0.15) is 59.0 Å². The van der Waals surface area contributed by atoms with Gasteiger partial charge in [0.1, 0.15) is 17.0 Å². The van der Waals surface area contributed by atoms with Crippen LogP contribution >= 0.6 is 0 Å². The molecule has 0 spiro atoms. The predicted octanol–water partition coefficient (Wildman–Crippen LogP) is 3.38. The first-order chi connectivity index (χ1) is 17.5. The van der Waals surface area contributed by atoms with Crippen LogP contribution in [0.3, 0.4) is 0 Å². The number of benzene rings is 1. The van der Waals surface area contributed by atoms with Crippen LogP contribution in [-0.2, 0) is 20.0 Å². The van der Waals surface area contributed by atoms with Crippen LogP contribution in [0.2, 0.25) is 0 Å². The maximum Gasteiger partial charge on any atom is 0.350 e. The summed E-state index contributed by atoms with van der Waals surface area (Å²) in [5, 5.41) is 9.32. The van der Waals surface area contributed by atoms with Crippen LogP contribution in [0.25, 0.3) is 11.2 Å². The van der Waals surface area contributed by atoms with Gasteiger partial charge in [-0.2, -0.15) is 10.2 Å². The second-order valence-electron chi connectivity index (χ2n) is 10.6. The number of nitrogens with zero attached hydrogens (tertiary/aromatic N) is 7. The van der Waals surface area contributed by atoms with Crippen molar-refractivity contribution in [3.63, 3.8) is 0 Å². The topological polar surface area (TPSA) is 101 Å². The van der Waals surface area contributed by atoms with Crippen molar-refractivity contribution >= 4 is 17.0 Å². The van der Waals surface area contributed by atoms with Crippen LogP contribution in [0, 0.1) is 11.3 Å². The summed E-state index contributed by atoms with van der Waals surface area (Å²) in [5.41, 5.74) is 2.24. The summed E-state index contributed by atoms with van der Waals surface area (Å²) in [5.74, 6) is 2.15. The van der Waals surface area contributed by atoms with Crippen molar-refractivity contribution in [2.45, 2.75) is 78.4 Å². The molecule has 4 heterocycles. The van der Waals surface area contributed by atoms with E-state index >= 15 is 0 Å². The van der Waals surface area contributed by atoms with Crippen molar-refractivity contribution in [2.24, 2.45) is 7.05 Å². The number of piperazine rings is 1. The molecule has 2 aliphatic heterocycles. The van der Waals surface area contributed by atoms with Gasteiger partial charge in [-0.25, -0.2) is 9.78 Å². The van der Waals surface area contributed by atoms with Gasteiger partial charge < -0.3 is 18.9 Å². The molecule has 1 unspecified atom stereocenters. The molecule has 37 heavy (non-hydrogen) atoms. The molecule has 0 saturated carbocycles. The number of ether oxygens (including phenoxy) is 2. The summed E-state index contributed by atoms with van der Waals surface area (Å²) in [4.78, 5) is 26.8. The zero-order valence-electron chi connectivity index (χ0n) is 22.6. The lowest BCUT2D eigenvalue weighted by atomic mass is 10.0. The van der Waals surface area contributed by atoms with Crippen molar-refractivity contribution in [1.29, 1.82) is 5.26 Å². The van der Waals surface area contributed by atoms with Gasteiger partial charge in [-0.15, -0.1) is 0 Å². The van der Waals surface area contributed by atoms with E-state index in [0.717, 1.165) is 18.0 Å². The van der Waals surface area contributed by atoms with E-state index in [4.69, 9.17) is 14.5 Å². The van der Waals surface area contributed by atoms with E-state index in [0.29, 0.717) is 35.9 Å². The number of aryl methyl sites for hydroxylation is 2. The minimum absolute atomic E-state index is 0.0978. The van der Waals surface area contributed by atoms with Gasteiger partial charge in [-0.1, -0.05) is 6.07 Å². The lowest BCUT2D eigenvalue weighted by Crippen LogP contribution is -2.57. The summed E-state index contributed by atoms with van der Waals surface area (Å²) in [6.07, 6.45) is 0.181. The Labute approximate surface area is 217 Å². The molecular formula is C27H35N7O3. The van der Waals surface area contributed by atoms with Gasteiger partial charge >= 0.3 is 5.69 Å². The van der Waals surface area contributed by atoms with E-state index in [9.17, 15) is 10.1 Å². The van der Waals surface area contributed by atoms with E-state index in [-0.39, 0.29) is 30.2 Å². The number of anilines is 1. The lowest BCUT2D eigenvalue weighted by Gasteiger charge is -2.47. The highest BCUT2D eigenvalue weighted by atomic mass is 16.7. The molecule has 1 aromatic carbocycles. The molecule has 0 N–H and O–H groups in total. The van der Waals surface area contributed by atoms with Gasteiger partial charge in [0, 0.05) is 58.7 Å². The number of hydrogen-bond acceptors (Lipinski definition) is 8. The Hall–Kier alpha value is -3.58. The smallest absolute Gasteiger partial charge is 0.350 e. The van der Waals surface area contributed by atoms with Crippen LogP contribution in [0.15, 0.2) is 23.0 Å². The molecule has 0 amide bonds. The third-order valence-electron chi connectivity index (χ3n) is 7.56. The summed E-state index contributed by atoms with van der Waals surface area (Å²) >= 11 is 0. The van der Waals surface area contributed by atoms with E-state index < -0.39 is 5.79 Å². The van der Waals surface area contributed by atoms with E-state index in [1.807, 2.05) is 31.4 Å². The number of nitriles is 1. The first kappa shape index (κ1) is 25.1. The molecule has 196 valence electrons. The SMILES string of the molecule is CCn1c(CC#N)nc2c(N3C[C@@H](C)N(C(C)c4ccc5c(c4)OC(C)(C)O5)C[C@@H]3C)nc(=O)n(C)c21. The average Bonchev–Trinajstić information content (AvgIpc) is 3.37. The third kappa shape index (κ3) is 4.21. The molecular weight excluding hydrogens is 470 g/mol. The maximum absolute atomic E-state index is 12.9. The highest BCUT2D eigenvalue weighted by Gasteiger charge is 2.36. The van der Waals surface area contributed by atoms with Crippen molar-refractivity contribution in [3.05, 3.63) is 40.1 Å². The van der Waals surface area contributed by atoms with Gasteiger partial charge in [0.25, 0.3) is 0 Å². The van der Waals surface area contributed by atoms with E-state index in [1.54, 1.807) is 7.05 Å². The van der Waals surface area contributed by atoms with Crippen molar-refractivity contribution in [3.8, 4) is 17.6 Å². The predicted molar refractivity (Wildman–Crippen MR) is 141 cm³/mol. The number of hydrogen-bond donors (Lipinski definition) is 0. The van der Waals surface area contributed by atoms with Gasteiger partial charge in [0.2, 0.25) is 5.79 Å². The van der Waals surface area contributed by atoms with Gasteiger partial charge in [-0.05, 0) is 45.4 Å². The fraction of sp³-hybridized carbons (Fsp3) is 0.556. The first-order valence-electron chi connectivity index (χ1n) is 12.9. The number of aromatic nitrogens is 4. The second kappa shape index (κ2) is 9.06. The molecule has 5 rings (SSSR count). The minimum atomic E-state index is -0.652. The van der Waals surface area contributed by atoms with Gasteiger partial charge in [0.15, 0.2) is 17.3 Å². The Bertz CT molecular complexity index is 1450. The summed E-state index contributed by atoms with van der Waals surface area (Å²) in [7, 11) is 1.71. The summed E-state index contributed by atoms with van der Waals surface area (Å²) in [6, 6.07) is 8.83. The molecule has 3 atom stereocenters. The Morgan fingerprint density at radius 3 is 2.59 bits per heavy atom. The fourth-order valence-electron chi connectivity index (χ4n) is 5.71.